The van der Waals surface area contributed by atoms with Crippen LogP contribution < -0.4 is 5.32 Å². The van der Waals surface area contributed by atoms with E-state index in [1.807, 2.05) is 0 Å². The Balaban J connectivity index is 1.68. The number of rotatable bonds is 5. The van der Waals surface area contributed by atoms with Gasteiger partial charge in [-0.1, -0.05) is 43.5 Å². The molecule has 1 aliphatic carbocycles. The van der Waals surface area contributed by atoms with Gasteiger partial charge in [-0.3, -0.25) is 15.0 Å². The quantitative estimate of drug-likeness (QED) is 0.424. The van der Waals surface area contributed by atoms with E-state index in [4.69, 9.17) is 0 Å². The first kappa shape index (κ1) is 23.8. The smallest absolute Gasteiger partial charge is 0.413 e. The van der Waals surface area contributed by atoms with Gasteiger partial charge in [-0.15, -0.1) is 0 Å². The fourth-order valence-corrected chi connectivity index (χ4v) is 5.74. The number of nitrogens with zero attached hydrogens (tertiary/aromatic N) is 2. The van der Waals surface area contributed by atoms with E-state index in [0.717, 1.165) is 24.2 Å². The lowest BCUT2D eigenvalue weighted by Crippen LogP contribution is -2.64. The number of ether oxygens (including phenoxy) is 1. The fourth-order valence-electron chi connectivity index (χ4n) is 5.74. The number of nitrogens with one attached hydrogen (secondary N) is 2. The lowest BCUT2D eigenvalue weighted by Gasteiger charge is -2.49. The number of benzene rings is 2. The molecule has 1 aliphatic heterocycles. The number of aromatic nitrogens is 2. The number of carbonyl (C=O) groups is 3. The summed E-state index contributed by atoms with van der Waals surface area (Å²) in [4.78, 5) is 46.8. The van der Waals surface area contributed by atoms with Crippen LogP contribution in [0.5, 0.6) is 0 Å². The summed E-state index contributed by atoms with van der Waals surface area (Å²) in [5.74, 6) is -1.85. The minimum atomic E-state index is -2.04. The van der Waals surface area contributed by atoms with Crippen molar-refractivity contribution >= 4 is 35.0 Å². The van der Waals surface area contributed by atoms with Gasteiger partial charge in [0.15, 0.2) is 5.72 Å². The molecule has 4 N–H and O–H groups in total. The highest BCUT2D eigenvalue weighted by molar-refractivity contribution is 6.03. The topological polar surface area (TPSA) is 145 Å². The molecule has 2 atom stereocenters. The Bertz CT molecular complexity index is 1360. The largest absolute Gasteiger partial charge is 0.479 e. The second kappa shape index (κ2) is 8.63. The summed E-state index contributed by atoms with van der Waals surface area (Å²) in [7, 11) is 1.24. The number of imidazole rings is 1. The number of aliphatic hydroxyl groups is 1. The Kier molecular flexibility index (Phi) is 5.71. The van der Waals surface area contributed by atoms with E-state index >= 15 is 0 Å². The molecule has 2 aromatic carbocycles. The molecule has 188 valence electrons. The predicted molar refractivity (Wildman–Crippen MR) is 130 cm³/mol. The van der Waals surface area contributed by atoms with E-state index in [1.165, 1.54) is 7.11 Å². The lowest BCUT2D eigenvalue weighted by atomic mass is 9.73. The van der Waals surface area contributed by atoms with E-state index in [0.29, 0.717) is 35.0 Å². The number of fused-ring (bicyclic) bond motifs is 2. The number of anilines is 1. The number of aliphatic carboxylic acids is 1. The predicted octanol–water partition coefficient (Wildman–Crippen LogP) is 3.81. The van der Waals surface area contributed by atoms with E-state index in [-0.39, 0.29) is 17.4 Å². The molecule has 2 amide bonds. The van der Waals surface area contributed by atoms with Crippen molar-refractivity contribution < 1.29 is 29.3 Å². The van der Waals surface area contributed by atoms with Crippen molar-refractivity contribution in [3.05, 3.63) is 59.2 Å². The van der Waals surface area contributed by atoms with Gasteiger partial charge in [0, 0.05) is 16.7 Å². The van der Waals surface area contributed by atoms with Gasteiger partial charge in [0.1, 0.15) is 5.54 Å². The summed E-state index contributed by atoms with van der Waals surface area (Å²) in [6.45, 7) is 1.55. The average molecular weight is 493 g/mol. The van der Waals surface area contributed by atoms with E-state index in [9.17, 15) is 24.6 Å². The maximum absolute atomic E-state index is 13.8. The Labute approximate surface area is 207 Å². The van der Waals surface area contributed by atoms with Crippen LogP contribution in [0.1, 0.15) is 60.5 Å². The number of hydrogen-bond donors (Lipinski definition) is 4. The summed E-state index contributed by atoms with van der Waals surface area (Å²) in [6.07, 6.45) is 3.37. The maximum Gasteiger partial charge on any atom is 0.413 e. The van der Waals surface area contributed by atoms with Crippen molar-refractivity contribution in [2.45, 2.75) is 50.3 Å². The minimum absolute atomic E-state index is 0.151. The second-order valence-electron chi connectivity index (χ2n) is 9.58. The van der Waals surface area contributed by atoms with E-state index in [1.54, 1.807) is 49.4 Å². The molecule has 1 aromatic heterocycles. The highest BCUT2D eigenvalue weighted by atomic mass is 16.5. The summed E-state index contributed by atoms with van der Waals surface area (Å²) in [6, 6.07) is 11.6. The van der Waals surface area contributed by atoms with Crippen molar-refractivity contribution in [1.82, 2.24) is 14.9 Å². The Morgan fingerprint density at radius 1 is 1.19 bits per heavy atom. The first-order valence-corrected chi connectivity index (χ1v) is 12.0. The lowest BCUT2D eigenvalue weighted by molar-refractivity contribution is -0.171. The molecule has 1 unspecified atom stereocenters. The summed E-state index contributed by atoms with van der Waals surface area (Å²) >= 11 is 0. The van der Waals surface area contributed by atoms with Crippen LogP contribution in [-0.4, -0.2) is 55.7 Å². The highest BCUT2D eigenvalue weighted by Crippen LogP contribution is 2.50. The van der Waals surface area contributed by atoms with Crippen LogP contribution in [0.3, 0.4) is 0 Å². The number of amides is 2. The van der Waals surface area contributed by atoms with Crippen LogP contribution in [-0.2, 0) is 15.3 Å². The van der Waals surface area contributed by atoms with Gasteiger partial charge in [0.25, 0.3) is 5.91 Å². The van der Waals surface area contributed by atoms with Crippen molar-refractivity contribution in [2.24, 2.45) is 5.92 Å². The van der Waals surface area contributed by atoms with Gasteiger partial charge < -0.3 is 19.9 Å². The average Bonchev–Trinajstić information content (AvgIpc) is 3.39. The zero-order valence-electron chi connectivity index (χ0n) is 20.1. The highest BCUT2D eigenvalue weighted by Gasteiger charge is 2.61. The number of carbonyl (C=O) groups excluding carboxylic acids is 2. The van der Waals surface area contributed by atoms with Crippen molar-refractivity contribution in [1.29, 1.82) is 0 Å². The van der Waals surface area contributed by atoms with E-state index in [2.05, 4.69) is 20.0 Å². The number of H-pyrrole nitrogens is 1. The van der Waals surface area contributed by atoms with Gasteiger partial charge in [-0.05, 0) is 43.9 Å². The zero-order chi connectivity index (χ0) is 25.7. The molecule has 1 saturated carbocycles. The first-order chi connectivity index (χ1) is 17.2. The number of hydrogen-bond acceptors (Lipinski definition) is 6. The molecule has 0 radical (unpaired) electrons. The van der Waals surface area contributed by atoms with Gasteiger partial charge in [-0.2, -0.15) is 0 Å². The molecular weight excluding hydrogens is 464 g/mol. The molecule has 0 saturated heterocycles. The molecule has 1 fully saturated rings. The third-order valence-electron chi connectivity index (χ3n) is 7.65. The molecule has 2 heterocycles. The third kappa shape index (κ3) is 3.43. The van der Waals surface area contributed by atoms with Gasteiger partial charge in [-0.25, -0.2) is 14.6 Å². The molecule has 10 heteroatoms. The maximum atomic E-state index is 13.8. The van der Waals surface area contributed by atoms with Crippen LogP contribution >= 0.6 is 0 Å². The van der Waals surface area contributed by atoms with Crippen LogP contribution in [0.15, 0.2) is 42.5 Å². The SMILES string of the molecule is COC(=O)Nc1nc2cc(C3(O)c4ccccc4C(=O)N3[C@](C)(C(=O)O)C3CCCCC3)ccc2[nH]1. The van der Waals surface area contributed by atoms with Gasteiger partial charge in [0.05, 0.1) is 18.1 Å². The second-order valence-corrected chi connectivity index (χ2v) is 9.58. The normalized spacial score (nSPS) is 21.8. The van der Waals surface area contributed by atoms with Crippen LogP contribution in [0.2, 0.25) is 0 Å². The van der Waals surface area contributed by atoms with Crippen molar-refractivity contribution in [2.75, 3.05) is 12.4 Å². The number of carboxylic acid groups (broad SMARTS) is 1. The van der Waals surface area contributed by atoms with Crippen molar-refractivity contribution in [3.8, 4) is 0 Å². The number of aromatic amines is 1. The van der Waals surface area contributed by atoms with Crippen molar-refractivity contribution in [3.63, 3.8) is 0 Å². The van der Waals surface area contributed by atoms with Crippen LogP contribution in [0.25, 0.3) is 11.0 Å². The first-order valence-electron chi connectivity index (χ1n) is 12.0. The van der Waals surface area contributed by atoms with E-state index < -0.39 is 29.2 Å². The zero-order valence-corrected chi connectivity index (χ0v) is 20.1. The Morgan fingerprint density at radius 3 is 2.61 bits per heavy atom. The molecule has 0 spiro atoms. The van der Waals surface area contributed by atoms with Gasteiger partial charge in [0.2, 0.25) is 5.95 Å². The Morgan fingerprint density at radius 2 is 1.92 bits per heavy atom. The molecule has 0 bridgehead atoms. The fraction of sp³-hybridized carbons (Fsp3) is 0.385. The molecule has 3 aromatic rings. The summed E-state index contributed by atoms with van der Waals surface area (Å²) in [5, 5.41) is 25.4. The third-order valence-corrected chi connectivity index (χ3v) is 7.65. The standard InChI is InChI=1S/C26H28N4O6/c1-25(22(32)33,15-8-4-3-5-9-15)30-21(31)17-10-6-7-11-18(17)26(30,35)16-12-13-19-20(14-16)28-23(27-19)29-24(34)36-2/h6-7,10-15,35H,3-5,8-9H2,1-2H3,(H,32,33)(H2,27,28,29,34)/t25-,26?/m0/s1. The monoisotopic (exact) mass is 492 g/mol. The minimum Gasteiger partial charge on any atom is -0.479 e. The summed E-state index contributed by atoms with van der Waals surface area (Å²) in [5.41, 5.74) is -1.82. The molecular formula is C26H28N4O6. The van der Waals surface area contributed by atoms with Gasteiger partial charge >= 0.3 is 12.1 Å². The number of methoxy groups -OCH3 is 1. The molecule has 36 heavy (non-hydrogen) atoms. The Hall–Kier alpha value is -3.92. The molecule has 5 rings (SSSR count). The molecule has 10 nitrogen and oxygen atoms in total. The van der Waals surface area contributed by atoms with Crippen LogP contribution in [0, 0.1) is 5.92 Å². The van der Waals surface area contributed by atoms with Crippen LogP contribution in [0.4, 0.5) is 10.7 Å². The number of carboxylic acids is 1. The molecule has 2 aliphatic rings. The summed E-state index contributed by atoms with van der Waals surface area (Å²) < 4.78 is 4.60.